The van der Waals surface area contributed by atoms with Crippen LogP contribution in [0.1, 0.15) is 68.4 Å². The van der Waals surface area contributed by atoms with Crippen LogP contribution in [0.5, 0.6) is 0 Å². The number of alkyl carbamates (subject to hydrolysis) is 1. The van der Waals surface area contributed by atoms with Gasteiger partial charge in [-0.25, -0.2) is 4.79 Å². The van der Waals surface area contributed by atoms with Gasteiger partial charge in [-0.15, -0.1) is 0 Å². The maximum absolute atomic E-state index is 12.2. The lowest BCUT2D eigenvalue weighted by Gasteiger charge is -2.41. The number of benzene rings is 2. The topological polar surface area (TPSA) is 99.8 Å². The highest BCUT2D eigenvalue weighted by molar-refractivity contribution is 6.00. The van der Waals surface area contributed by atoms with Gasteiger partial charge in [-0.1, -0.05) is 42.5 Å². The third-order valence-electron chi connectivity index (χ3n) is 8.54. The highest BCUT2D eigenvalue weighted by Gasteiger charge is 2.30. The Morgan fingerprint density at radius 2 is 1.62 bits per heavy atom. The molecule has 8 nitrogen and oxygen atoms in total. The molecule has 3 amide bonds. The van der Waals surface area contributed by atoms with Crippen molar-refractivity contribution in [3.8, 4) is 0 Å². The molecule has 2 heterocycles. The number of carbonyl (C=O) groups is 3. The number of carbonyl (C=O) groups excluding carboxylic acids is 3. The molecule has 1 saturated carbocycles. The summed E-state index contributed by atoms with van der Waals surface area (Å²) < 4.78 is 5.39. The van der Waals surface area contributed by atoms with Crippen LogP contribution in [0.15, 0.2) is 54.6 Å². The van der Waals surface area contributed by atoms with Gasteiger partial charge in [0.15, 0.2) is 0 Å². The van der Waals surface area contributed by atoms with Gasteiger partial charge in [-0.3, -0.25) is 14.9 Å². The quantitative estimate of drug-likeness (QED) is 0.431. The van der Waals surface area contributed by atoms with E-state index in [1.54, 1.807) is 0 Å². The number of nitrogens with one attached hydrogen (secondary N) is 3. The molecule has 3 N–H and O–H groups in total. The summed E-state index contributed by atoms with van der Waals surface area (Å²) in [6, 6.07) is 18.7. The second-order valence-corrected chi connectivity index (χ2v) is 11.2. The summed E-state index contributed by atoms with van der Waals surface area (Å²) in [6.45, 7) is 3.51. The lowest BCUT2D eigenvalue weighted by atomic mass is 9.87. The lowest BCUT2D eigenvalue weighted by molar-refractivity contribution is -0.134. The summed E-state index contributed by atoms with van der Waals surface area (Å²) in [5.74, 6) is 0.0423. The standard InChI is InChI=1S/C31H40N4O4/c36-29-15-14-28(30(37)34-29)24-6-8-25(9-7-24)32-20-22-16-18-35(19-17-22)27-12-10-26(11-13-27)33-31(38)39-21-23-4-2-1-3-5-23/h1-9,22,26-28,32H,10-21H2,(H,33,38)(H,34,36,37). The third-order valence-corrected chi connectivity index (χ3v) is 8.54. The summed E-state index contributed by atoms with van der Waals surface area (Å²) in [7, 11) is 0. The summed E-state index contributed by atoms with van der Waals surface area (Å²) >= 11 is 0. The summed E-state index contributed by atoms with van der Waals surface area (Å²) in [5.41, 5.74) is 3.03. The van der Waals surface area contributed by atoms with E-state index in [1.165, 1.54) is 12.8 Å². The third kappa shape index (κ3) is 7.60. The van der Waals surface area contributed by atoms with E-state index in [-0.39, 0.29) is 29.9 Å². The fourth-order valence-corrected chi connectivity index (χ4v) is 6.15. The Balaban J connectivity index is 0.971. The van der Waals surface area contributed by atoms with E-state index in [0.29, 0.717) is 31.4 Å². The van der Waals surface area contributed by atoms with Crippen molar-refractivity contribution < 1.29 is 19.1 Å². The molecule has 5 rings (SSSR count). The molecule has 8 heteroatoms. The fraction of sp³-hybridized carbons (Fsp3) is 0.516. The summed E-state index contributed by atoms with van der Waals surface area (Å²) in [5, 5.41) is 9.07. The van der Waals surface area contributed by atoms with E-state index in [4.69, 9.17) is 4.74 Å². The molecular weight excluding hydrogens is 492 g/mol. The van der Waals surface area contributed by atoms with Crippen LogP contribution in [0.25, 0.3) is 0 Å². The van der Waals surface area contributed by atoms with Gasteiger partial charge in [0.2, 0.25) is 11.8 Å². The average Bonchev–Trinajstić information content (AvgIpc) is 2.97. The second kappa shape index (κ2) is 13.1. The minimum Gasteiger partial charge on any atom is -0.445 e. The van der Waals surface area contributed by atoms with Crippen LogP contribution in [0.4, 0.5) is 10.5 Å². The molecule has 39 heavy (non-hydrogen) atoms. The summed E-state index contributed by atoms with van der Waals surface area (Å²) in [6.07, 6.45) is 7.27. The van der Waals surface area contributed by atoms with Gasteiger partial charge >= 0.3 is 6.09 Å². The Bertz CT molecular complexity index is 1110. The Morgan fingerprint density at radius 1 is 0.897 bits per heavy atom. The Labute approximate surface area is 230 Å². The van der Waals surface area contributed by atoms with Gasteiger partial charge in [0.25, 0.3) is 0 Å². The molecule has 0 aromatic heterocycles. The molecule has 3 aliphatic rings. The smallest absolute Gasteiger partial charge is 0.407 e. The first kappa shape index (κ1) is 27.2. The monoisotopic (exact) mass is 532 g/mol. The zero-order valence-electron chi connectivity index (χ0n) is 22.6. The lowest BCUT2D eigenvalue weighted by Crippen LogP contribution is -2.47. The Morgan fingerprint density at radius 3 is 2.31 bits per heavy atom. The predicted octanol–water partition coefficient (Wildman–Crippen LogP) is 4.57. The number of likely N-dealkylation sites (tertiary alicyclic amines) is 1. The van der Waals surface area contributed by atoms with Crippen LogP contribution in [0, 0.1) is 5.92 Å². The highest BCUT2D eigenvalue weighted by atomic mass is 16.5. The molecule has 1 unspecified atom stereocenters. The van der Waals surface area contributed by atoms with E-state index < -0.39 is 0 Å². The predicted molar refractivity (Wildman–Crippen MR) is 150 cm³/mol. The van der Waals surface area contributed by atoms with Crippen LogP contribution < -0.4 is 16.0 Å². The van der Waals surface area contributed by atoms with Crippen LogP contribution in [-0.2, 0) is 20.9 Å². The average molecular weight is 533 g/mol. The van der Waals surface area contributed by atoms with Crippen molar-refractivity contribution in [2.24, 2.45) is 5.92 Å². The van der Waals surface area contributed by atoms with E-state index in [1.807, 2.05) is 54.6 Å². The van der Waals surface area contributed by atoms with Crippen LogP contribution >= 0.6 is 0 Å². The number of nitrogens with zero attached hydrogens (tertiary/aromatic N) is 1. The molecule has 2 saturated heterocycles. The van der Waals surface area contributed by atoms with Crippen molar-refractivity contribution in [2.75, 3.05) is 25.0 Å². The molecule has 2 aliphatic heterocycles. The van der Waals surface area contributed by atoms with Gasteiger partial charge in [0.05, 0.1) is 5.92 Å². The van der Waals surface area contributed by atoms with Crippen molar-refractivity contribution in [1.29, 1.82) is 0 Å². The van der Waals surface area contributed by atoms with E-state index >= 15 is 0 Å². The molecule has 208 valence electrons. The number of piperidine rings is 2. The Hall–Kier alpha value is -3.39. The minimum absolute atomic E-state index is 0.179. The SMILES string of the molecule is O=C1CCC(c2ccc(NCC3CCN(C4CCC(NC(=O)OCc5ccccc5)CC4)CC3)cc2)C(=O)N1. The number of imide groups is 1. The van der Waals surface area contributed by atoms with Crippen LogP contribution in [0.2, 0.25) is 0 Å². The van der Waals surface area contributed by atoms with Gasteiger partial charge in [0, 0.05) is 30.7 Å². The number of amides is 3. The molecule has 2 aromatic rings. The first-order chi connectivity index (χ1) is 19.0. The molecule has 3 fully saturated rings. The number of ether oxygens (including phenoxy) is 1. The first-order valence-electron chi connectivity index (χ1n) is 14.4. The van der Waals surface area contributed by atoms with Crippen molar-refractivity contribution in [1.82, 2.24) is 15.5 Å². The molecule has 1 aliphatic carbocycles. The van der Waals surface area contributed by atoms with E-state index in [9.17, 15) is 14.4 Å². The number of hydrogen-bond donors (Lipinski definition) is 3. The number of rotatable bonds is 8. The molecule has 0 bridgehead atoms. The van der Waals surface area contributed by atoms with Gasteiger partial charge in [-0.05, 0) is 87.2 Å². The van der Waals surface area contributed by atoms with Crippen molar-refractivity contribution in [2.45, 2.75) is 76.0 Å². The van der Waals surface area contributed by atoms with Crippen molar-refractivity contribution >= 4 is 23.6 Å². The molecule has 1 atom stereocenters. The molecule has 0 spiro atoms. The summed E-state index contributed by atoms with van der Waals surface area (Å²) in [4.78, 5) is 38.4. The molecular formula is C31H40N4O4. The fourth-order valence-electron chi connectivity index (χ4n) is 6.15. The number of hydrogen-bond acceptors (Lipinski definition) is 6. The normalized spacial score (nSPS) is 24.6. The van der Waals surface area contributed by atoms with Crippen LogP contribution in [0.3, 0.4) is 0 Å². The Kier molecular flexibility index (Phi) is 9.14. The van der Waals surface area contributed by atoms with Gasteiger partial charge in [-0.2, -0.15) is 0 Å². The zero-order valence-corrected chi connectivity index (χ0v) is 22.6. The van der Waals surface area contributed by atoms with Gasteiger partial charge in [0.1, 0.15) is 6.61 Å². The minimum atomic E-state index is -0.318. The van der Waals surface area contributed by atoms with E-state index in [0.717, 1.165) is 62.1 Å². The van der Waals surface area contributed by atoms with E-state index in [2.05, 4.69) is 20.9 Å². The van der Waals surface area contributed by atoms with Gasteiger partial charge < -0.3 is 20.3 Å². The maximum Gasteiger partial charge on any atom is 0.407 e. The van der Waals surface area contributed by atoms with Crippen molar-refractivity contribution in [3.63, 3.8) is 0 Å². The second-order valence-electron chi connectivity index (χ2n) is 11.2. The first-order valence-corrected chi connectivity index (χ1v) is 14.4. The van der Waals surface area contributed by atoms with Crippen molar-refractivity contribution in [3.05, 3.63) is 65.7 Å². The van der Waals surface area contributed by atoms with Crippen LogP contribution in [-0.4, -0.2) is 54.5 Å². The zero-order chi connectivity index (χ0) is 27.0. The molecule has 0 radical (unpaired) electrons. The number of anilines is 1. The largest absolute Gasteiger partial charge is 0.445 e. The highest BCUT2D eigenvalue weighted by Crippen LogP contribution is 2.29. The maximum atomic E-state index is 12.2. The molecule has 2 aromatic carbocycles.